The summed E-state index contributed by atoms with van der Waals surface area (Å²) in [5, 5.41) is 14.8. The second-order valence-electron chi connectivity index (χ2n) is 20.4. The second-order valence-corrected chi connectivity index (χ2v) is 24.1. The largest absolute Gasteiger partial charge is 0.425 e. The van der Waals surface area contributed by atoms with Crippen LogP contribution < -0.4 is 31.6 Å². The van der Waals surface area contributed by atoms with Gasteiger partial charge in [0, 0.05) is 81.0 Å². The van der Waals surface area contributed by atoms with Gasteiger partial charge >= 0.3 is 16.3 Å². The molecule has 0 amide bonds. The first kappa shape index (κ1) is 60.1. The van der Waals surface area contributed by atoms with E-state index >= 15 is 0 Å². The first-order valence-corrected chi connectivity index (χ1v) is 32.0. The maximum Gasteiger partial charge on any atom is 0.425 e. The fraction of sp³-hybridized carbons (Fsp3) is 0.0952. The van der Waals surface area contributed by atoms with Crippen LogP contribution in [0.1, 0.15) is 48.3 Å². The Labute approximate surface area is 524 Å². The first-order chi connectivity index (χ1) is 42.9. The minimum absolute atomic E-state index is 0. The summed E-state index contributed by atoms with van der Waals surface area (Å²) in [5.41, 5.74) is 4.30. The Balaban J connectivity index is 0.000000201. The summed E-state index contributed by atoms with van der Waals surface area (Å²) in [6.07, 6.45) is 1.74. The Morgan fingerprint density at radius 2 is 0.922 bits per heavy atom. The summed E-state index contributed by atoms with van der Waals surface area (Å²) >= 11 is 0. The number of fused-ring (bicyclic) bond motifs is 18. The molecule has 27 heteroatoms. The van der Waals surface area contributed by atoms with Gasteiger partial charge in [-0.05, 0) is 116 Å². The van der Waals surface area contributed by atoms with E-state index < -0.39 is 36.4 Å². The molecular formula is C63H47N13O10S3V. The molecule has 0 spiro atoms. The molecule has 0 saturated carbocycles. The van der Waals surface area contributed by atoms with E-state index in [2.05, 4.69) is 171 Å². The molecule has 16 rings (SSSR count). The van der Waals surface area contributed by atoms with Crippen molar-refractivity contribution in [2.24, 2.45) is 30.0 Å². The van der Waals surface area contributed by atoms with Gasteiger partial charge in [-0.2, -0.15) is 18.4 Å². The number of aryl methyl sites for hydroxylation is 1. The van der Waals surface area contributed by atoms with Gasteiger partial charge in [0.1, 0.15) is 5.82 Å². The quantitative estimate of drug-likeness (QED) is 0.0818. The van der Waals surface area contributed by atoms with Crippen LogP contribution in [-0.2, 0) is 55.7 Å². The van der Waals surface area contributed by atoms with Crippen molar-refractivity contribution in [3.8, 4) is 0 Å². The van der Waals surface area contributed by atoms with Gasteiger partial charge in [0.05, 0.1) is 11.2 Å². The van der Waals surface area contributed by atoms with Crippen LogP contribution in [0.2, 0.25) is 0 Å². The Bertz CT molecular complexity index is 5480. The summed E-state index contributed by atoms with van der Waals surface area (Å²) in [4.78, 5) is 60.7. The molecule has 23 nitrogen and oxygen atoms in total. The number of aliphatic imine (C=N–C) groups is 4. The smallest absolute Gasteiger partial charge is 0.324 e. The van der Waals surface area contributed by atoms with Crippen molar-refractivity contribution in [3.05, 3.63) is 219 Å². The third-order valence-corrected chi connectivity index (χ3v) is 16.3. The molecule has 9 aromatic carbocycles. The maximum atomic E-state index is 11.6. The molecule has 0 aliphatic carbocycles. The van der Waals surface area contributed by atoms with Crippen molar-refractivity contribution in [1.29, 1.82) is 0 Å². The molecule has 3 aromatic heterocycles. The SMILES string of the molecule is CC.CS(=O)(=O)NCCCc1nc(Nc2cccc(S(=O)(=O)O)c2)nc(=O)[nH]1.O=S(=O)=O.[V].c1ccc2cc3c(cc2c1)C1=NC3=Nc2c3cc4ccccc4cc3c3n2On2c(c4cc5ccccc5cc4c2=NC2=NC(=N3)c3cc4ccccc4cc32)=N1. The van der Waals surface area contributed by atoms with Crippen molar-refractivity contribution in [2.45, 2.75) is 31.6 Å². The summed E-state index contributed by atoms with van der Waals surface area (Å²) in [6, 6.07) is 56.0. The van der Waals surface area contributed by atoms with Gasteiger partial charge in [0.25, 0.3) is 10.1 Å². The molecule has 7 heterocycles. The zero-order valence-corrected chi connectivity index (χ0v) is 51.4. The van der Waals surface area contributed by atoms with E-state index in [1.165, 1.54) is 18.2 Å². The minimum atomic E-state index is -4.37. The molecule has 0 unspecified atom stereocenters. The molecule has 6 bridgehead atoms. The second kappa shape index (κ2) is 24.1. The Morgan fingerprint density at radius 3 is 1.33 bits per heavy atom. The molecular weight excluding hydrogens is 1250 g/mol. The molecule has 4 N–H and O–H groups in total. The van der Waals surface area contributed by atoms with Crippen LogP contribution in [0.25, 0.3) is 64.6 Å². The van der Waals surface area contributed by atoms with E-state index in [1.54, 1.807) is 9.46 Å². The van der Waals surface area contributed by atoms with Crippen LogP contribution in [0, 0.1) is 0 Å². The molecule has 4 aliphatic rings. The van der Waals surface area contributed by atoms with Crippen LogP contribution in [0.4, 0.5) is 23.3 Å². The number of H-pyrrole nitrogens is 1. The van der Waals surface area contributed by atoms with Gasteiger partial charge in [-0.25, -0.2) is 47.9 Å². The summed E-state index contributed by atoms with van der Waals surface area (Å²) in [5.74, 6) is 3.54. The van der Waals surface area contributed by atoms with E-state index in [9.17, 15) is 21.6 Å². The summed E-state index contributed by atoms with van der Waals surface area (Å²) in [7, 11) is -10.8. The molecule has 1 radical (unpaired) electrons. The van der Waals surface area contributed by atoms with Crippen LogP contribution in [0.3, 0.4) is 0 Å². The Hall–Kier alpha value is -10.2. The third kappa shape index (κ3) is 11.7. The number of nitrogens with one attached hydrogen (secondary N) is 3. The van der Waals surface area contributed by atoms with Gasteiger partial charge < -0.3 is 5.32 Å². The predicted octanol–water partition coefficient (Wildman–Crippen LogP) is 8.70. The molecule has 0 fully saturated rings. The van der Waals surface area contributed by atoms with Gasteiger partial charge in [0.2, 0.25) is 16.0 Å². The number of hydrogen-bond donors (Lipinski definition) is 4. The van der Waals surface area contributed by atoms with Crippen LogP contribution in [-0.4, -0.2) is 94.6 Å². The van der Waals surface area contributed by atoms with Crippen molar-refractivity contribution >= 4 is 142 Å². The van der Waals surface area contributed by atoms with E-state index in [0.717, 1.165) is 99.2 Å². The summed E-state index contributed by atoms with van der Waals surface area (Å²) in [6.45, 7) is 4.18. The average molecular weight is 1290 g/mol. The van der Waals surface area contributed by atoms with E-state index in [1.807, 2.05) is 13.8 Å². The molecule has 447 valence electrons. The van der Waals surface area contributed by atoms with Gasteiger partial charge in [-0.1, -0.05) is 117 Å². The third-order valence-electron chi connectivity index (χ3n) is 14.7. The zero-order chi connectivity index (χ0) is 61.9. The van der Waals surface area contributed by atoms with E-state index in [4.69, 9.17) is 52.1 Å². The van der Waals surface area contributed by atoms with Crippen molar-refractivity contribution in [3.63, 3.8) is 0 Å². The fourth-order valence-electron chi connectivity index (χ4n) is 10.9. The van der Waals surface area contributed by atoms with Gasteiger partial charge in [0.15, 0.2) is 46.0 Å². The zero-order valence-electron chi connectivity index (χ0n) is 47.6. The van der Waals surface area contributed by atoms with E-state index in [0.29, 0.717) is 58.8 Å². The van der Waals surface area contributed by atoms with Crippen molar-refractivity contribution in [1.82, 2.24) is 29.1 Å². The molecule has 0 atom stereocenters. The Kier molecular flexibility index (Phi) is 16.1. The van der Waals surface area contributed by atoms with Crippen molar-refractivity contribution in [2.75, 3.05) is 18.1 Å². The number of rotatable bonds is 8. The normalized spacial score (nSPS) is 13.2. The van der Waals surface area contributed by atoms with Gasteiger partial charge in [-0.3, -0.25) is 14.5 Å². The molecule has 0 saturated heterocycles. The number of anilines is 2. The Morgan fingerprint density at radius 1 is 0.522 bits per heavy atom. The molecule has 4 aliphatic heterocycles. The van der Waals surface area contributed by atoms with Crippen LogP contribution >= 0.6 is 0 Å². The number of aromatic amines is 1. The number of amidine groups is 4. The van der Waals surface area contributed by atoms with Gasteiger partial charge in [-0.15, -0.1) is 22.1 Å². The fourth-order valence-corrected chi connectivity index (χ4v) is 11.9. The molecule has 12 aromatic rings. The number of benzene rings is 9. The first-order valence-electron chi connectivity index (χ1n) is 27.7. The van der Waals surface area contributed by atoms with E-state index in [-0.39, 0.29) is 47.5 Å². The number of sulfonamides is 1. The number of aromatic nitrogens is 5. The maximum absolute atomic E-state index is 11.6. The number of nitrogens with zero attached hydrogens (tertiary/aromatic N) is 10. The predicted molar refractivity (Wildman–Crippen MR) is 341 cm³/mol. The topological polar surface area (TPSA) is 316 Å². The standard InChI is InChI=1S/C48H24N8O.C13H17N5O6S2.C2H6.O3S.V/c1-2-10-26-18-34-33(17-25(26)9-1)41-49-42(34)52-46-39-23-31-15-7-8-16-32(31)24-40(39)48-54-44-36-20-28-12-4-3-11-27(28)19-35(36)43(50-44)53-47-38-22-30-14-6-5-13-29(30)21-37(38)45(51-41)55(47)57-56(46)48;1-25(20,21)14-7-3-6-11-16-12(18-13(19)17-11)15-9-4-2-5-10(8-9)26(22,23)24;1-2;1-4(2)3;/h1-24H;2,4-5,8,14H,3,6-7H2,1H3,(H,22,23,24)(H2,15,16,17,18,19);1-2H3;;. The van der Waals surface area contributed by atoms with Crippen LogP contribution in [0.5, 0.6) is 0 Å². The minimum Gasteiger partial charge on any atom is -0.324 e. The van der Waals surface area contributed by atoms with Crippen molar-refractivity contribution < 1.29 is 57.5 Å². The molecule has 90 heavy (non-hydrogen) atoms. The monoisotopic (exact) mass is 1290 g/mol. The number of hydrogen-bond acceptors (Lipinski definition) is 18. The summed E-state index contributed by atoms with van der Waals surface area (Å²) < 4.78 is 84.4. The van der Waals surface area contributed by atoms with Crippen LogP contribution in [0.15, 0.2) is 210 Å². The average Bonchev–Trinajstić information content (AvgIpc) is 1.56.